The molecule has 1 N–H and O–H groups in total. The van der Waals surface area contributed by atoms with E-state index < -0.39 is 0 Å². The number of carbonyl (C=O) groups is 1. The van der Waals surface area contributed by atoms with Crippen LogP contribution in [0.4, 0.5) is 0 Å². The lowest BCUT2D eigenvalue weighted by molar-refractivity contribution is -0.123. The van der Waals surface area contributed by atoms with Gasteiger partial charge in [0.2, 0.25) is 5.91 Å². The number of nitrogens with one attached hydrogen (secondary N) is 1. The topological polar surface area (TPSA) is 37.3 Å². The number of hydrogen-bond acceptors (Lipinski definition) is 2. The molecule has 0 bridgehead atoms. The first-order valence-corrected chi connectivity index (χ1v) is 9.29. The maximum atomic E-state index is 12.3. The van der Waals surface area contributed by atoms with Crippen LogP contribution < -0.4 is 5.32 Å². The highest BCUT2D eigenvalue weighted by molar-refractivity contribution is 5.78. The number of benzene rings is 1. The van der Waals surface area contributed by atoms with Gasteiger partial charge in [0.1, 0.15) is 0 Å². The van der Waals surface area contributed by atoms with Crippen molar-refractivity contribution in [3.05, 3.63) is 59.4 Å². The number of hydrogen-bond donors (Lipinski definition) is 1. The van der Waals surface area contributed by atoms with E-state index in [1.54, 1.807) is 0 Å². The summed E-state index contributed by atoms with van der Waals surface area (Å²) in [5.74, 6) is 0.673. The largest absolute Gasteiger partial charge is 0.355 e. The highest BCUT2D eigenvalue weighted by Crippen LogP contribution is 2.24. The van der Waals surface area contributed by atoms with Crippen LogP contribution in [0.3, 0.4) is 0 Å². The summed E-state index contributed by atoms with van der Waals surface area (Å²) < 4.78 is 2.28. The Morgan fingerprint density at radius 2 is 1.96 bits per heavy atom. The van der Waals surface area contributed by atoms with Crippen LogP contribution in [0.1, 0.15) is 49.6 Å². The number of rotatable bonds is 6. The molecule has 134 valence electrons. The third-order valence-corrected chi connectivity index (χ3v) is 5.20. The molecule has 0 spiro atoms. The molecule has 4 heteroatoms. The predicted molar refractivity (Wildman–Crippen MR) is 102 cm³/mol. The van der Waals surface area contributed by atoms with E-state index in [2.05, 4.69) is 78.2 Å². The molecule has 0 saturated carbocycles. The van der Waals surface area contributed by atoms with Crippen LogP contribution in [-0.2, 0) is 17.8 Å². The van der Waals surface area contributed by atoms with E-state index in [0.717, 1.165) is 19.5 Å². The fourth-order valence-electron chi connectivity index (χ4n) is 3.50. The zero-order chi connectivity index (χ0) is 17.8. The summed E-state index contributed by atoms with van der Waals surface area (Å²) in [6.45, 7) is 9.63. The molecule has 1 aliphatic rings. The number of carbonyl (C=O) groups excluding carboxylic acids is 1. The monoisotopic (exact) mass is 339 g/mol. The van der Waals surface area contributed by atoms with Gasteiger partial charge in [-0.2, -0.15) is 0 Å². The minimum Gasteiger partial charge on any atom is -0.355 e. The quantitative estimate of drug-likeness (QED) is 0.876. The molecule has 0 fully saturated rings. The van der Waals surface area contributed by atoms with Crippen molar-refractivity contribution in [2.24, 2.45) is 0 Å². The molecular weight excluding hydrogens is 310 g/mol. The summed E-state index contributed by atoms with van der Waals surface area (Å²) >= 11 is 0. The molecule has 3 rings (SSSR count). The van der Waals surface area contributed by atoms with Crippen molar-refractivity contribution in [3.8, 4) is 0 Å². The Labute approximate surface area is 150 Å². The van der Waals surface area contributed by atoms with Crippen molar-refractivity contribution in [3.63, 3.8) is 0 Å². The normalized spacial score (nSPS) is 17.5. The van der Waals surface area contributed by atoms with Crippen molar-refractivity contribution in [1.29, 1.82) is 0 Å². The van der Waals surface area contributed by atoms with Crippen LogP contribution in [-0.4, -0.2) is 35.0 Å². The number of aromatic nitrogens is 1. The summed E-state index contributed by atoms with van der Waals surface area (Å²) in [6.07, 6.45) is 3.00. The summed E-state index contributed by atoms with van der Waals surface area (Å²) in [4.78, 5) is 14.5. The first kappa shape index (κ1) is 17.7. The van der Waals surface area contributed by atoms with E-state index in [1.807, 2.05) is 0 Å². The SMILES string of the molecule is CC(C)c1ccc(CCNC(=O)CN2CCn3cccc3C2C)cc1. The van der Waals surface area contributed by atoms with Crippen LogP contribution in [0, 0.1) is 0 Å². The maximum Gasteiger partial charge on any atom is 0.234 e. The van der Waals surface area contributed by atoms with Crippen LogP contribution in [0.5, 0.6) is 0 Å². The second-order valence-corrected chi connectivity index (χ2v) is 7.27. The molecule has 2 heterocycles. The highest BCUT2D eigenvalue weighted by Gasteiger charge is 2.24. The van der Waals surface area contributed by atoms with Crippen LogP contribution in [0.25, 0.3) is 0 Å². The third-order valence-electron chi connectivity index (χ3n) is 5.20. The van der Waals surface area contributed by atoms with Gasteiger partial charge in [-0.05, 0) is 42.5 Å². The van der Waals surface area contributed by atoms with E-state index >= 15 is 0 Å². The van der Waals surface area contributed by atoms with Crippen LogP contribution >= 0.6 is 0 Å². The van der Waals surface area contributed by atoms with Crippen molar-refractivity contribution in [1.82, 2.24) is 14.8 Å². The summed E-state index contributed by atoms with van der Waals surface area (Å²) in [6, 6.07) is 13.2. The Bertz CT molecular complexity index is 702. The van der Waals surface area contributed by atoms with Gasteiger partial charge < -0.3 is 9.88 Å². The fourth-order valence-corrected chi connectivity index (χ4v) is 3.50. The fraction of sp³-hybridized carbons (Fsp3) is 0.476. The molecule has 1 unspecified atom stereocenters. The van der Waals surface area contributed by atoms with Crippen LogP contribution in [0.2, 0.25) is 0 Å². The zero-order valence-electron chi connectivity index (χ0n) is 15.5. The van der Waals surface area contributed by atoms with Gasteiger partial charge in [0, 0.05) is 37.6 Å². The average Bonchev–Trinajstić information content (AvgIpc) is 3.07. The third kappa shape index (κ3) is 4.31. The van der Waals surface area contributed by atoms with Gasteiger partial charge in [-0.1, -0.05) is 38.1 Å². The van der Waals surface area contributed by atoms with Crippen molar-refractivity contribution < 1.29 is 4.79 Å². The van der Waals surface area contributed by atoms with E-state index in [0.29, 0.717) is 19.0 Å². The van der Waals surface area contributed by atoms with Gasteiger partial charge in [-0.3, -0.25) is 9.69 Å². The Morgan fingerprint density at radius 3 is 2.68 bits per heavy atom. The summed E-state index contributed by atoms with van der Waals surface area (Å²) in [5, 5.41) is 3.07. The van der Waals surface area contributed by atoms with Crippen LogP contribution in [0.15, 0.2) is 42.6 Å². The van der Waals surface area contributed by atoms with Gasteiger partial charge in [0.05, 0.1) is 6.54 Å². The van der Waals surface area contributed by atoms with Gasteiger partial charge in [0.25, 0.3) is 0 Å². The standard InChI is InChI=1S/C21H29N3O/c1-16(2)19-8-6-18(7-9-19)10-11-22-21(25)15-24-14-13-23-12-4-5-20(23)17(24)3/h4-9,12,16-17H,10-11,13-15H2,1-3H3,(H,22,25). The Morgan fingerprint density at radius 1 is 1.20 bits per heavy atom. The van der Waals surface area contributed by atoms with E-state index in [4.69, 9.17) is 0 Å². The lowest BCUT2D eigenvalue weighted by atomic mass is 10.0. The number of amides is 1. The van der Waals surface area contributed by atoms with Gasteiger partial charge in [0.15, 0.2) is 0 Å². The smallest absolute Gasteiger partial charge is 0.234 e. The highest BCUT2D eigenvalue weighted by atomic mass is 16.2. The summed E-state index contributed by atoms with van der Waals surface area (Å²) in [5.41, 5.74) is 3.93. The molecule has 1 amide bonds. The lowest BCUT2D eigenvalue weighted by Crippen LogP contribution is -2.43. The average molecular weight is 339 g/mol. The Kier molecular flexibility index (Phi) is 5.59. The Balaban J connectivity index is 1.44. The van der Waals surface area contributed by atoms with Gasteiger partial charge in [-0.15, -0.1) is 0 Å². The molecule has 1 aliphatic heterocycles. The van der Waals surface area contributed by atoms with E-state index in [-0.39, 0.29) is 11.9 Å². The number of fused-ring (bicyclic) bond motifs is 1. The second-order valence-electron chi connectivity index (χ2n) is 7.27. The minimum atomic E-state index is 0.116. The van der Waals surface area contributed by atoms with E-state index in [9.17, 15) is 4.79 Å². The van der Waals surface area contributed by atoms with Gasteiger partial charge in [-0.25, -0.2) is 0 Å². The first-order chi connectivity index (χ1) is 12.0. The maximum absolute atomic E-state index is 12.3. The molecule has 4 nitrogen and oxygen atoms in total. The molecule has 1 aromatic carbocycles. The number of nitrogens with zero attached hydrogens (tertiary/aromatic N) is 2. The molecule has 1 aromatic heterocycles. The minimum absolute atomic E-state index is 0.116. The predicted octanol–water partition coefficient (Wildman–Crippen LogP) is 3.35. The van der Waals surface area contributed by atoms with Crippen molar-refractivity contribution in [2.45, 2.75) is 45.7 Å². The first-order valence-electron chi connectivity index (χ1n) is 9.29. The molecule has 2 aromatic rings. The summed E-state index contributed by atoms with van der Waals surface area (Å²) in [7, 11) is 0. The molecule has 0 saturated heterocycles. The zero-order valence-corrected chi connectivity index (χ0v) is 15.5. The Hall–Kier alpha value is -2.07. The van der Waals surface area contributed by atoms with Crippen molar-refractivity contribution in [2.75, 3.05) is 19.6 Å². The van der Waals surface area contributed by atoms with E-state index in [1.165, 1.54) is 16.8 Å². The van der Waals surface area contributed by atoms with Crippen molar-refractivity contribution >= 4 is 5.91 Å². The molecule has 25 heavy (non-hydrogen) atoms. The lowest BCUT2D eigenvalue weighted by Gasteiger charge is -2.34. The molecule has 1 atom stereocenters. The molecule has 0 radical (unpaired) electrons. The second kappa shape index (κ2) is 7.87. The molecule has 0 aliphatic carbocycles. The van der Waals surface area contributed by atoms with Gasteiger partial charge >= 0.3 is 0 Å². The molecular formula is C21H29N3O.